The molecule has 4 aromatic rings. The first-order valence-corrected chi connectivity index (χ1v) is 8.32. The van der Waals surface area contributed by atoms with Crippen LogP contribution in [0.2, 0.25) is 0 Å². The molecule has 2 heterocycles. The molecule has 0 fully saturated rings. The molecule has 0 saturated carbocycles. The molecule has 0 aliphatic heterocycles. The summed E-state index contributed by atoms with van der Waals surface area (Å²) in [5.74, 6) is -1.17. The number of nitrogens with zero attached hydrogens (tertiary/aromatic N) is 4. The van der Waals surface area contributed by atoms with Gasteiger partial charge in [0.25, 0.3) is 0 Å². The maximum Gasteiger partial charge on any atom is 0.187 e. The lowest BCUT2D eigenvalue weighted by molar-refractivity contribution is 0.0979. The predicted octanol–water partition coefficient (Wildman–Crippen LogP) is 3.79. The van der Waals surface area contributed by atoms with E-state index in [1.165, 1.54) is 11.3 Å². The number of hydrogen-bond acceptors (Lipinski definition) is 7. The van der Waals surface area contributed by atoms with Crippen molar-refractivity contribution in [2.75, 3.05) is 0 Å². The summed E-state index contributed by atoms with van der Waals surface area (Å²) >= 11 is 2.48. The number of rotatable bonds is 3. The van der Waals surface area contributed by atoms with Gasteiger partial charge in [0.1, 0.15) is 16.0 Å². The number of nitriles is 1. The molecule has 1 atom stereocenters. The fraction of sp³-hybridized carbons (Fsp3) is 0.0625. The van der Waals surface area contributed by atoms with Crippen LogP contribution in [0.1, 0.15) is 21.3 Å². The fourth-order valence-corrected chi connectivity index (χ4v) is 3.87. The van der Waals surface area contributed by atoms with Crippen molar-refractivity contribution in [2.24, 2.45) is 0 Å². The van der Waals surface area contributed by atoms with Crippen molar-refractivity contribution < 1.29 is 4.79 Å². The van der Waals surface area contributed by atoms with Gasteiger partial charge < -0.3 is 0 Å². The lowest BCUT2D eigenvalue weighted by atomic mass is 9.99. The van der Waals surface area contributed by atoms with Gasteiger partial charge in [-0.3, -0.25) is 4.79 Å². The van der Waals surface area contributed by atoms with Gasteiger partial charge in [-0.15, -0.1) is 11.3 Å². The van der Waals surface area contributed by atoms with Crippen LogP contribution in [0.15, 0.2) is 42.5 Å². The van der Waals surface area contributed by atoms with Crippen LogP contribution in [0.4, 0.5) is 0 Å². The molecule has 4 rings (SSSR count). The van der Waals surface area contributed by atoms with Crippen LogP contribution < -0.4 is 0 Å². The fourth-order valence-electron chi connectivity index (χ4n) is 2.34. The Morgan fingerprint density at radius 1 is 1.09 bits per heavy atom. The zero-order chi connectivity index (χ0) is 15.8. The molecule has 23 heavy (non-hydrogen) atoms. The number of para-hydroxylation sites is 1. The summed E-state index contributed by atoms with van der Waals surface area (Å²) in [6.45, 7) is 0. The maximum absolute atomic E-state index is 12.7. The smallest absolute Gasteiger partial charge is 0.187 e. The Balaban J connectivity index is 1.76. The van der Waals surface area contributed by atoms with Crippen LogP contribution >= 0.6 is 23.1 Å². The number of carbonyl (C=O) groups is 1. The van der Waals surface area contributed by atoms with Gasteiger partial charge in [-0.2, -0.15) is 14.0 Å². The average molecular weight is 336 g/mol. The van der Waals surface area contributed by atoms with Gasteiger partial charge >= 0.3 is 0 Å². The molecule has 0 saturated heterocycles. The third-order valence-corrected chi connectivity index (χ3v) is 5.14. The topological polar surface area (TPSA) is 79.5 Å². The first-order valence-electron chi connectivity index (χ1n) is 6.78. The highest BCUT2D eigenvalue weighted by atomic mass is 32.1. The summed E-state index contributed by atoms with van der Waals surface area (Å²) in [6, 6.07) is 14.8. The molecular weight excluding hydrogens is 328 g/mol. The summed E-state index contributed by atoms with van der Waals surface area (Å²) in [5.41, 5.74) is 2.68. The molecule has 0 aliphatic carbocycles. The van der Waals surface area contributed by atoms with E-state index < -0.39 is 5.92 Å². The molecule has 110 valence electrons. The predicted molar refractivity (Wildman–Crippen MR) is 89.7 cm³/mol. The standard InChI is InChI=1S/C16H8N4OS2/c17-8-10(16-18-12-3-1-2-4-14(12)22-16)15(21)9-5-6-11-13(7-9)20-23-19-11/h1-7,10H. The van der Waals surface area contributed by atoms with Crippen molar-refractivity contribution in [1.29, 1.82) is 5.26 Å². The van der Waals surface area contributed by atoms with Crippen LogP contribution in [0.25, 0.3) is 21.3 Å². The molecule has 0 spiro atoms. The van der Waals surface area contributed by atoms with E-state index in [0.29, 0.717) is 16.1 Å². The van der Waals surface area contributed by atoms with Crippen molar-refractivity contribution in [1.82, 2.24) is 13.7 Å². The van der Waals surface area contributed by atoms with Crippen molar-refractivity contribution in [3.8, 4) is 6.07 Å². The zero-order valence-electron chi connectivity index (χ0n) is 11.6. The lowest BCUT2D eigenvalue weighted by Gasteiger charge is -2.04. The monoisotopic (exact) mass is 336 g/mol. The van der Waals surface area contributed by atoms with Crippen molar-refractivity contribution in [3.05, 3.63) is 53.0 Å². The second kappa shape index (κ2) is 5.50. The SMILES string of the molecule is N#CC(C(=O)c1ccc2nsnc2c1)c1nc2ccccc2s1. The van der Waals surface area contributed by atoms with Crippen LogP contribution in [0, 0.1) is 11.3 Å². The van der Waals surface area contributed by atoms with Gasteiger partial charge in [-0.25, -0.2) is 4.98 Å². The quantitative estimate of drug-likeness (QED) is 0.532. The van der Waals surface area contributed by atoms with Crippen LogP contribution in [-0.2, 0) is 0 Å². The number of hydrogen-bond donors (Lipinski definition) is 0. The van der Waals surface area contributed by atoms with Crippen LogP contribution in [-0.4, -0.2) is 19.5 Å². The third kappa shape index (κ3) is 2.38. The van der Waals surface area contributed by atoms with E-state index in [-0.39, 0.29) is 5.78 Å². The Bertz CT molecular complexity index is 1040. The van der Waals surface area contributed by atoms with Crippen LogP contribution in [0.5, 0.6) is 0 Å². The van der Waals surface area contributed by atoms with Crippen molar-refractivity contribution in [3.63, 3.8) is 0 Å². The van der Waals surface area contributed by atoms with E-state index in [1.54, 1.807) is 18.2 Å². The summed E-state index contributed by atoms with van der Waals surface area (Å²) in [7, 11) is 0. The van der Waals surface area contributed by atoms with E-state index in [2.05, 4.69) is 19.8 Å². The number of carbonyl (C=O) groups excluding carboxylic acids is 1. The highest BCUT2D eigenvalue weighted by molar-refractivity contribution is 7.18. The van der Waals surface area contributed by atoms with Crippen molar-refractivity contribution >= 4 is 50.1 Å². The second-order valence-electron chi connectivity index (χ2n) is 4.91. The number of thiazole rings is 1. The molecule has 2 aromatic carbocycles. The molecule has 2 aromatic heterocycles. The highest BCUT2D eigenvalue weighted by Crippen LogP contribution is 2.29. The molecule has 0 bridgehead atoms. The molecule has 0 radical (unpaired) electrons. The Labute approximate surface area is 139 Å². The zero-order valence-corrected chi connectivity index (χ0v) is 13.3. The largest absolute Gasteiger partial charge is 0.292 e. The van der Waals surface area contributed by atoms with Crippen molar-refractivity contribution in [2.45, 2.75) is 5.92 Å². The molecule has 7 heteroatoms. The molecule has 0 aliphatic rings. The number of ketones is 1. The van der Waals surface area contributed by atoms with Gasteiger partial charge in [0.2, 0.25) is 0 Å². The Kier molecular flexibility index (Phi) is 3.33. The normalized spacial score (nSPS) is 12.3. The van der Waals surface area contributed by atoms with Crippen LogP contribution in [0.3, 0.4) is 0 Å². The van der Waals surface area contributed by atoms with Gasteiger partial charge in [-0.1, -0.05) is 12.1 Å². The Hall–Kier alpha value is -2.69. The number of Topliss-reactive ketones (excluding diaryl/α,β-unsaturated/α-hetero) is 1. The molecule has 5 nitrogen and oxygen atoms in total. The highest BCUT2D eigenvalue weighted by Gasteiger charge is 2.25. The van der Waals surface area contributed by atoms with E-state index in [4.69, 9.17) is 0 Å². The number of fused-ring (bicyclic) bond motifs is 2. The minimum Gasteiger partial charge on any atom is -0.292 e. The summed E-state index contributed by atoms with van der Waals surface area (Å²) in [4.78, 5) is 17.2. The molecule has 1 unspecified atom stereocenters. The second-order valence-corrected chi connectivity index (χ2v) is 6.50. The number of benzene rings is 2. The molecular formula is C16H8N4OS2. The van der Waals surface area contributed by atoms with Gasteiger partial charge in [0.05, 0.1) is 28.0 Å². The minimum absolute atomic E-state index is 0.263. The van der Waals surface area contributed by atoms with Gasteiger partial charge in [-0.05, 0) is 30.3 Å². The Morgan fingerprint density at radius 2 is 1.91 bits per heavy atom. The molecule has 0 N–H and O–H groups in total. The third-order valence-electron chi connectivity index (χ3n) is 3.49. The van der Waals surface area contributed by atoms with E-state index in [9.17, 15) is 10.1 Å². The van der Waals surface area contributed by atoms with E-state index in [0.717, 1.165) is 27.5 Å². The first kappa shape index (κ1) is 13.9. The summed E-state index contributed by atoms with van der Waals surface area (Å²) in [6.07, 6.45) is 0. The van der Waals surface area contributed by atoms with E-state index in [1.807, 2.05) is 24.3 Å². The van der Waals surface area contributed by atoms with Gasteiger partial charge in [0, 0.05) is 5.56 Å². The Morgan fingerprint density at radius 3 is 2.74 bits per heavy atom. The summed E-state index contributed by atoms with van der Waals surface area (Å²) < 4.78 is 9.22. The molecule has 0 amide bonds. The first-order chi connectivity index (χ1) is 11.3. The minimum atomic E-state index is -0.906. The number of aromatic nitrogens is 3. The lowest BCUT2D eigenvalue weighted by Crippen LogP contribution is -2.11. The summed E-state index contributed by atoms with van der Waals surface area (Å²) in [5, 5.41) is 10.0. The maximum atomic E-state index is 12.7. The van der Waals surface area contributed by atoms with Gasteiger partial charge in [0.15, 0.2) is 11.7 Å². The average Bonchev–Trinajstić information content (AvgIpc) is 3.21. The van der Waals surface area contributed by atoms with E-state index >= 15 is 0 Å².